The van der Waals surface area contributed by atoms with E-state index in [9.17, 15) is 9.59 Å². The minimum atomic E-state index is -0.0919. The number of hydrogen-bond acceptors (Lipinski definition) is 3. The lowest BCUT2D eigenvalue weighted by atomic mass is 10.1. The lowest BCUT2D eigenvalue weighted by Crippen LogP contribution is -2.26. The molecule has 1 N–H and O–H groups in total. The fourth-order valence-corrected chi connectivity index (χ4v) is 3.45. The van der Waals surface area contributed by atoms with Crippen LogP contribution in [0.3, 0.4) is 0 Å². The first-order valence-corrected chi connectivity index (χ1v) is 9.67. The van der Waals surface area contributed by atoms with Gasteiger partial charge in [0.1, 0.15) is 5.75 Å². The van der Waals surface area contributed by atoms with Crippen LogP contribution in [0.2, 0.25) is 0 Å². The zero-order chi connectivity index (χ0) is 19.6. The molecule has 5 nitrogen and oxygen atoms in total. The van der Waals surface area contributed by atoms with Gasteiger partial charge in [-0.25, -0.2) is 0 Å². The normalized spacial score (nSPS) is 17.9. The van der Waals surface area contributed by atoms with Crippen molar-refractivity contribution < 1.29 is 14.3 Å². The predicted molar refractivity (Wildman–Crippen MR) is 109 cm³/mol. The van der Waals surface area contributed by atoms with Crippen molar-refractivity contribution in [3.63, 3.8) is 0 Å². The van der Waals surface area contributed by atoms with Crippen molar-refractivity contribution in [1.82, 2.24) is 4.90 Å². The summed E-state index contributed by atoms with van der Waals surface area (Å²) in [6.45, 7) is 2.50. The third-order valence-corrected chi connectivity index (χ3v) is 5.34. The van der Waals surface area contributed by atoms with E-state index in [4.69, 9.17) is 4.74 Å². The molecular weight excluding hydrogens is 408 g/mol. The fourth-order valence-electron chi connectivity index (χ4n) is 3.04. The SMILES string of the molecule is COc1ccc(Br)cc1CN(C)C(=O)c1ccc(NC(=O)C2CC2C)cc1. The van der Waals surface area contributed by atoms with Crippen LogP contribution in [0.5, 0.6) is 5.75 Å². The van der Waals surface area contributed by atoms with Crippen LogP contribution >= 0.6 is 15.9 Å². The molecule has 0 radical (unpaired) electrons. The number of carbonyl (C=O) groups excluding carboxylic acids is 2. The Morgan fingerprint density at radius 3 is 2.48 bits per heavy atom. The Morgan fingerprint density at radius 1 is 1.22 bits per heavy atom. The first-order valence-electron chi connectivity index (χ1n) is 8.88. The van der Waals surface area contributed by atoms with E-state index in [1.165, 1.54) is 0 Å². The molecule has 1 saturated carbocycles. The number of amides is 2. The molecule has 1 aliphatic carbocycles. The second-order valence-electron chi connectivity index (χ2n) is 7.00. The van der Waals surface area contributed by atoms with Gasteiger partial charge in [0.2, 0.25) is 5.91 Å². The summed E-state index contributed by atoms with van der Waals surface area (Å²) in [4.78, 5) is 26.4. The number of carbonyl (C=O) groups is 2. The van der Waals surface area contributed by atoms with Gasteiger partial charge in [0.25, 0.3) is 5.91 Å². The van der Waals surface area contributed by atoms with Crippen LogP contribution in [0.15, 0.2) is 46.9 Å². The largest absolute Gasteiger partial charge is 0.496 e. The van der Waals surface area contributed by atoms with Crippen LogP contribution in [-0.2, 0) is 11.3 Å². The van der Waals surface area contributed by atoms with Crippen LogP contribution in [0.1, 0.15) is 29.3 Å². The van der Waals surface area contributed by atoms with Gasteiger partial charge in [-0.3, -0.25) is 9.59 Å². The molecular formula is C21H23BrN2O3. The second-order valence-corrected chi connectivity index (χ2v) is 7.92. The molecule has 6 heteroatoms. The highest BCUT2D eigenvalue weighted by Crippen LogP contribution is 2.38. The Bertz CT molecular complexity index is 851. The Morgan fingerprint density at radius 2 is 1.89 bits per heavy atom. The monoisotopic (exact) mass is 430 g/mol. The molecule has 0 spiro atoms. The first kappa shape index (κ1) is 19.4. The van der Waals surface area contributed by atoms with Crippen LogP contribution < -0.4 is 10.1 Å². The number of benzene rings is 2. The second kappa shape index (κ2) is 8.13. The highest BCUT2D eigenvalue weighted by atomic mass is 79.9. The molecule has 1 aliphatic rings. The predicted octanol–water partition coefficient (Wildman–Crippen LogP) is 4.32. The number of halogens is 1. The summed E-state index contributed by atoms with van der Waals surface area (Å²) >= 11 is 3.45. The van der Waals surface area contributed by atoms with E-state index in [-0.39, 0.29) is 17.7 Å². The lowest BCUT2D eigenvalue weighted by molar-refractivity contribution is -0.117. The Labute approximate surface area is 167 Å². The van der Waals surface area contributed by atoms with E-state index < -0.39 is 0 Å². The van der Waals surface area contributed by atoms with Gasteiger partial charge in [-0.1, -0.05) is 22.9 Å². The maximum absolute atomic E-state index is 12.7. The number of methoxy groups -OCH3 is 1. The van der Waals surface area contributed by atoms with E-state index in [1.54, 1.807) is 43.3 Å². The van der Waals surface area contributed by atoms with Crippen LogP contribution in [0.4, 0.5) is 5.69 Å². The Hall–Kier alpha value is -2.34. The van der Waals surface area contributed by atoms with Crippen LogP contribution in [0.25, 0.3) is 0 Å². The maximum Gasteiger partial charge on any atom is 0.253 e. The molecule has 1 fully saturated rings. The average Bonchev–Trinajstić information content (AvgIpc) is 3.39. The van der Waals surface area contributed by atoms with Crippen molar-refractivity contribution in [3.05, 3.63) is 58.1 Å². The molecule has 142 valence electrons. The van der Waals surface area contributed by atoms with Crippen molar-refractivity contribution in [2.45, 2.75) is 19.9 Å². The topological polar surface area (TPSA) is 58.6 Å². The van der Waals surface area contributed by atoms with Gasteiger partial charge < -0.3 is 15.0 Å². The number of rotatable bonds is 6. The highest BCUT2D eigenvalue weighted by Gasteiger charge is 2.39. The number of nitrogens with zero attached hydrogens (tertiary/aromatic N) is 1. The van der Waals surface area contributed by atoms with Crippen LogP contribution in [0, 0.1) is 11.8 Å². The molecule has 0 bridgehead atoms. The van der Waals surface area contributed by atoms with Crippen molar-refractivity contribution in [2.24, 2.45) is 11.8 Å². The zero-order valence-corrected chi connectivity index (χ0v) is 17.2. The minimum Gasteiger partial charge on any atom is -0.496 e. The Kier molecular flexibility index (Phi) is 5.85. The third-order valence-electron chi connectivity index (χ3n) is 4.84. The van der Waals surface area contributed by atoms with Gasteiger partial charge in [-0.05, 0) is 54.8 Å². The molecule has 3 rings (SSSR count). The summed E-state index contributed by atoms with van der Waals surface area (Å²) in [7, 11) is 3.37. The van der Waals surface area contributed by atoms with Crippen LogP contribution in [-0.4, -0.2) is 30.9 Å². The number of anilines is 1. The molecule has 0 heterocycles. The highest BCUT2D eigenvalue weighted by molar-refractivity contribution is 9.10. The zero-order valence-electron chi connectivity index (χ0n) is 15.7. The van der Waals surface area contributed by atoms with Crippen molar-refractivity contribution in [1.29, 1.82) is 0 Å². The van der Waals surface area contributed by atoms with Gasteiger partial charge in [0.05, 0.1) is 7.11 Å². The van der Waals surface area contributed by atoms with Gasteiger partial charge in [-0.15, -0.1) is 0 Å². The average molecular weight is 431 g/mol. The van der Waals surface area contributed by atoms with Crippen molar-refractivity contribution in [2.75, 3.05) is 19.5 Å². The summed E-state index contributed by atoms with van der Waals surface area (Å²) in [5.74, 6) is 1.29. The van der Waals surface area contributed by atoms with Gasteiger partial charge in [0, 0.05) is 40.8 Å². The standard InChI is InChI=1S/C21H23BrN2O3/c1-13-10-18(13)20(25)23-17-7-4-14(5-8-17)21(26)24(2)12-15-11-16(22)6-9-19(15)27-3/h4-9,11,13,18H,10,12H2,1-3H3,(H,23,25). The molecule has 2 unspecified atom stereocenters. The van der Waals surface area contributed by atoms with E-state index in [1.807, 2.05) is 18.2 Å². The molecule has 27 heavy (non-hydrogen) atoms. The molecule has 0 aromatic heterocycles. The maximum atomic E-state index is 12.7. The van der Waals surface area contributed by atoms with E-state index in [0.29, 0.717) is 23.7 Å². The molecule has 2 atom stereocenters. The summed E-state index contributed by atoms with van der Waals surface area (Å²) < 4.78 is 6.31. The van der Waals surface area contributed by atoms with Crippen molar-refractivity contribution >= 4 is 33.4 Å². The number of ether oxygens (including phenoxy) is 1. The van der Waals surface area contributed by atoms with Crippen molar-refractivity contribution in [3.8, 4) is 5.75 Å². The molecule has 2 aromatic rings. The smallest absolute Gasteiger partial charge is 0.253 e. The quantitative estimate of drug-likeness (QED) is 0.741. The Balaban J connectivity index is 1.64. The third kappa shape index (κ3) is 4.69. The minimum absolute atomic E-state index is 0.0560. The molecule has 2 amide bonds. The van der Waals surface area contributed by atoms with Gasteiger partial charge >= 0.3 is 0 Å². The number of hydrogen-bond donors (Lipinski definition) is 1. The molecule has 2 aromatic carbocycles. The summed E-state index contributed by atoms with van der Waals surface area (Å²) in [6.07, 6.45) is 0.951. The lowest BCUT2D eigenvalue weighted by Gasteiger charge is -2.19. The molecule has 0 aliphatic heterocycles. The number of nitrogens with one attached hydrogen (secondary N) is 1. The summed E-state index contributed by atoms with van der Waals surface area (Å²) in [6, 6.07) is 12.7. The molecule has 0 saturated heterocycles. The van der Waals surface area contributed by atoms with E-state index in [0.717, 1.165) is 22.2 Å². The van der Waals surface area contributed by atoms with Gasteiger partial charge in [0.15, 0.2) is 0 Å². The van der Waals surface area contributed by atoms with E-state index in [2.05, 4.69) is 28.2 Å². The summed E-state index contributed by atoms with van der Waals surface area (Å²) in [5, 5.41) is 2.91. The van der Waals surface area contributed by atoms with E-state index >= 15 is 0 Å². The fraction of sp³-hybridized carbons (Fsp3) is 0.333. The van der Waals surface area contributed by atoms with Gasteiger partial charge in [-0.2, -0.15) is 0 Å². The summed E-state index contributed by atoms with van der Waals surface area (Å²) in [5.41, 5.74) is 2.21. The first-order chi connectivity index (χ1) is 12.9.